The monoisotopic (exact) mass is 282 g/mol. The number of carbonyl (C=O) groups is 1. The molecule has 0 amide bonds. The van der Waals surface area contributed by atoms with Gasteiger partial charge in [0.15, 0.2) is 0 Å². The SMILES string of the molecule is Nc1nc(Cl)c(-c2ccc(Cl)cc2)cc1C(=O)O. The molecule has 0 aliphatic carbocycles. The van der Waals surface area contributed by atoms with Crippen LogP contribution in [0.1, 0.15) is 10.4 Å². The number of benzene rings is 1. The number of anilines is 1. The molecule has 0 saturated heterocycles. The molecule has 0 fully saturated rings. The van der Waals surface area contributed by atoms with Gasteiger partial charge in [-0.25, -0.2) is 9.78 Å². The number of hydrogen-bond acceptors (Lipinski definition) is 3. The van der Waals surface area contributed by atoms with Crippen molar-refractivity contribution in [2.24, 2.45) is 0 Å². The molecule has 1 aromatic carbocycles. The Bertz CT molecular complexity index is 612. The van der Waals surface area contributed by atoms with E-state index in [0.717, 1.165) is 5.56 Å². The highest BCUT2D eigenvalue weighted by atomic mass is 35.5. The first-order chi connectivity index (χ1) is 8.49. The molecule has 2 aromatic rings. The molecule has 3 N–H and O–H groups in total. The molecule has 2 rings (SSSR count). The first-order valence-electron chi connectivity index (χ1n) is 4.94. The van der Waals surface area contributed by atoms with Crippen LogP contribution in [-0.2, 0) is 0 Å². The molecular weight excluding hydrogens is 275 g/mol. The average Bonchev–Trinajstić information content (AvgIpc) is 2.30. The molecule has 18 heavy (non-hydrogen) atoms. The average molecular weight is 283 g/mol. The Kier molecular flexibility index (Phi) is 3.41. The number of nitrogens with two attached hydrogens (primary N) is 1. The normalized spacial score (nSPS) is 10.3. The summed E-state index contributed by atoms with van der Waals surface area (Å²) < 4.78 is 0. The Balaban J connectivity index is 2.60. The predicted octanol–water partition coefficient (Wildman–Crippen LogP) is 3.34. The number of nitrogens with zero attached hydrogens (tertiary/aromatic N) is 1. The topological polar surface area (TPSA) is 76.2 Å². The van der Waals surface area contributed by atoms with Crippen molar-refractivity contribution < 1.29 is 9.90 Å². The van der Waals surface area contributed by atoms with E-state index >= 15 is 0 Å². The summed E-state index contributed by atoms with van der Waals surface area (Å²) in [6.45, 7) is 0. The van der Waals surface area contributed by atoms with Crippen molar-refractivity contribution in [2.45, 2.75) is 0 Å². The highest BCUT2D eigenvalue weighted by molar-refractivity contribution is 6.32. The second-order valence-corrected chi connectivity index (χ2v) is 4.37. The number of pyridine rings is 1. The maximum Gasteiger partial charge on any atom is 0.339 e. The molecule has 4 nitrogen and oxygen atoms in total. The lowest BCUT2D eigenvalue weighted by Gasteiger charge is -2.07. The second-order valence-electron chi connectivity index (χ2n) is 3.57. The molecule has 0 unspecified atom stereocenters. The highest BCUT2D eigenvalue weighted by Crippen LogP contribution is 2.30. The fourth-order valence-electron chi connectivity index (χ4n) is 1.51. The van der Waals surface area contributed by atoms with Crippen LogP contribution in [-0.4, -0.2) is 16.1 Å². The van der Waals surface area contributed by atoms with Crippen LogP contribution in [0.15, 0.2) is 30.3 Å². The molecule has 0 bridgehead atoms. The van der Waals surface area contributed by atoms with E-state index in [1.165, 1.54) is 6.07 Å². The van der Waals surface area contributed by atoms with Gasteiger partial charge in [0, 0.05) is 10.6 Å². The van der Waals surface area contributed by atoms with E-state index in [0.29, 0.717) is 10.6 Å². The van der Waals surface area contributed by atoms with Gasteiger partial charge in [-0.05, 0) is 23.8 Å². The number of carboxylic acids is 1. The Morgan fingerprint density at radius 3 is 2.39 bits per heavy atom. The van der Waals surface area contributed by atoms with E-state index < -0.39 is 5.97 Å². The quantitative estimate of drug-likeness (QED) is 0.829. The molecule has 0 atom stereocenters. The molecule has 0 saturated carbocycles. The van der Waals surface area contributed by atoms with Crippen molar-refractivity contribution in [1.82, 2.24) is 4.98 Å². The molecule has 0 radical (unpaired) electrons. The lowest BCUT2D eigenvalue weighted by atomic mass is 10.1. The number of halogens is 2. The van der Waals surface area contributed by atoms with Crippen LogP contribution in [0, 0.1) is 0 Å². The van der Waals surface area contributed by atoms with Crippen molar-refractivity contribution in [1.29, 1.82) is 0 Å². The van der Waals surface area contributed by atoms with Crippen LogP contribution < -0.4 is 5.73 Å². The van der Waals surface area contributed by atoms with E-state index in [-0.39, 0.29) is 16.5 Å². The Morgan fingerprint density at radius 1 is 1.22 bits per heavy atom. The zero-order chi connectivity index (χ0) is 13.3. The second kappa shape index (κ2) is 4.84. The zero-order valence-electron chi connectivity index (χ0n) is 9.02. The van der Waals surface area contributed by atoms with Gasteiger partial charge in [0.25, 0.3) is 0 Å². The van der Waals surface area contributed by atoms with Gasteiger partial charge >= 0.3 is 5.97 Å². The molecule has 1 aromatic heterocycles. The molecule has 6 heteroatoms. The number of aromatic carboxylic acids is 1. The number of nitrogen functional groups attached to an aromatic ring is 1. The summed E-state index contributed by atoms with van der Waals surface area (Å²) in [5, 5.41) is 9.72. The summed E-state index contributed by atoms with van der Waals surface area (Å²) >= 11 is 11.7. The van der Waals surface area contributed by atoms with Crippen LogP contribution in [0.2, 0.25) is 10.2 Å². The molecule has 0 aliphatic rings. The molecule has 1 heterocycles. The highest BCUT2D eigenvalue weighted by Gasteiger charge is 2.14. The van der Waals surface area contributed by atoms with Crippen molar-refractivity contribution in [3.8, 4) is 11.1 Å². The molecule has 0 spiro atoms. The van der Waals surface area contributed by atoms with Crippen LogP contribution in [0.5, 0.6) is 0 Å². The largest absolute Gasteiger partial charge is 0.478 e. The van der Waals surface area contributed by atoms with E-state index in [1.807, 2.05) is 0 Å². The molecule has 92 valence electrons. The summed E-state index contributed by atoms with van der Waals surface area (Å²) in [5.74, 6) is -1.25. The van der Waals surface area contributed by atoms with Gasteiger partial charge < -0.3 is 10.8 Å². The number of aromatic nitrogens is 1. The van der Waals surface area contributed by atoms with Crippen molar-refractivity contribution in [3.05, 3.63) is 46.1 Å². The van der Waals surface area contributed by atoms with Crippen LogP contribution in [0.3, 0.4) is 0 Å². The van der Waals surface area contributed by atoms with Crippen LogP contribution >= 0.6 is 23.2 Å². The fourth-order valence-corrected chi connectivity index (χ4v) is 1.89. The van der Waals surface area contributed by atoms with E-state index in [4.69, 9.17) is 34.0 Å². The third-order valence-corrected chi connectivity index (χ3v) is 2.93. The minimum atomic E-state index is -1.15. The minimum absolute atomic E-state index is 0.0793. The fraction of sp³-hybridized carbons (Fsp3) is 0. The first-order valence-corrected chi connectivity index (χ1v) is 5.70. The Morgan fingerprint density at radius 2 is 1.83 bits per heavy atom. The summed E-state index contributed by atoms with van der Waals surface area (Å²) in [6.07, 6.45) is 0. The predicted molar refractivity (Wildman–Crippen MR) is 71.1 cm³/mol. The zero-order valence-corrected chi connectivity index (χ0v) is 10.5. The van der Waals surface area contributed by atoms with E-state index in [1.54, 1.807) is 24.3 Å². The van der Waals surface area contributed by atoms with Crippen LogP contribution in [0.25, 0.3) is 11.1 Å². The third-order valence-electron chi connectivity index (χ3n) is 2.39. The smallest absolute Gasteiger partial charge is 0.339 e. The molecule has 0 aliphatic heterocycles. The van der Waals surface area contributed by atoms with Gasteiger partial charge in [0.05, 0.1) is 0 Å². The van der Waals surface area contributed by atoms with Gasteiger partial charge in [-0.15, -0.1) is 0 Å². The van der Waals surface area contributed by atoms with Crippen molar-refractivity contribution >= 4 is 35.0 Å². The van der Waals surface area contributed by atoms with Gasteiger partial charge in [-0.3, -0.25) is 0 Å². The third kappa shape index (κ3) is 2.39. The van der Waals surface area contributed by atoms with Gasteiger partial charge in [-0.1, -0.05) is 35.3 Å². The van der Waals surface area contributed by atoms with E-state index in [9.17, 15) is 4.79 Å². The van der Waals surface area contributed by atoms with Crippen molar-refractivity contribution in [2.75, 3.05) is 5.73 Å². The summed E-state index contributed by atoms with van der Waals surface area (Å²) in [5.41, 5.74) is 6.64. The van der Waals surface area contributed by atoms with Gasteiger partial charge in [0.2, 0.25) is 0 Å². The summed E-state index contributed by atoms with van der Waals surface area (Å²) in [4.78, 5) is 14.8. The van der Waals surface area contributed by atoms with Gasteiger partial charge in [0.1, 0.15) is 16.5 Å². The number of rotatable bonds is 2. The molecular formula is C12H8Cl2N2O2. The maximum atomic E-state index is 11.0. The standard InChI is InChI=1S/C12H8Cl2N2O2/c13-7-3-1-6(2-4-7)8-5-9(12(17)18)11(15)16-10(8)14/h1-5H,(H2,15,16)(H,17,18). The summed E-state index contributed by atoms with van der Waals surface area (Å²) in [6, 6.07) is 8.23. The lowest BCUT2D eigenvalue weighted by Crippen LogP contribution is -2.05. The Labute approximate surface area is 113 Å². The number of carboxylic acid groups (broad SMARTS) is 1. The Hall–Kier alpha value is -1.78. The minimum Gasteiger partial charge on any atom is -0.478 e. The lowest BCUT2D eigenvalue weighted by molar-refractivity contribution is 0.0698. The van der Waals surface area contributed by atoms with Gasteiger partial charge in [-0.2, -0.15) is 0 Å². The summed E-state index contributed by atoms with van der Waals surface area (Å²) in [7, 11) is 0. The van der Waals surface area contributed by atoms with E-state index in [2.05, 4.69) is 4.98 Å². The van der Waals surface area contributed by atoms with Crippen LogP contribution in [0.4, 0.5) is 5.82 Å². The first kappa shape index (κ1) is 12.7. The van der Waals surface area contributed by atoms with Crippen molar-refractivity contribution in [3.63, 3.8) is 0 Å². The number of hydrogen-bond donors (Lipinski definition) is 2. The maximum absolute atomic E-state index is 11.0.